The van der Waals surface area contributed by atoms with E-state index in [4.69, 9.17) is 33.2 Å². The lowest BCUT2D eigenvalue weighted by atomic mass is 9.95. The minimum Gasteiger partial charge on any atom is -0.394 e. The highest BCUT2D eigenvalue weighted by molar-refractivity contribution is 4.97. The van der Waals surface area contributed by atoms with Gasteiger partial charge in [-0.25, -0.2) is 0 Å². The average molecular weight is 651 g/mol. The molecule has 0 amide bonds. The van der Waals surface area contributed by atoms with E-state index in [1.165, 1.54) is 6.92 Å². The monoisotopic (exact) mass is 650 g/mol. The molecule has 20 atom stereocenters. The fourth-order valence-corrected chi connectivity index (χ4v) is 5.50. The Bertz CT molecular complexity index is 896. The molecule has 0 bridgehead atoms. The van der Waals surface area contributed by atoms with Gasteiger partial charge in [0.2, 0.25) is 0 Å². The lowest BCUT2D eigenvalue weighted by molar-refractivity contribution is -0.395. The van der Waals surface area contributed by atoms with Gasteiger partial charge < -0.3 is 99.5 Å². The number of aliphatic hydroxyl groups excluding tert-OH is 13. The zero-order chi connectivity index (χ0) is 32.6. The summed E-state index contributed by atoms with van der Waals surface area (Å²) in [7, 11) is 0. The van der Waals surface area contributed by atoms with Crippen LogP contribution in [-0.2, 0) is 33.2 Å². The van der Waals surface area contributed by atoms with Crippen LogP contribution in [0.4, 0.5) is 0 Å². The van der Waals surface area contributed by atoms with Crippen molar-refractivity contribution < 1.29 is 99.5 Å². The molecule has 258 valence electrons. The van der Waals surface area contributed by atoms with Crippen molar-refractivity contribution in [2.75, 3.05) is 19.8 Å². The predicted molar refractivity (Wildman–Crippen MR) is 132 cm³/mol. The van der Waals surface area contributed by atoms with E-state index < -0.39 is 143 Å². The van der Waals surface area contributed by atoms with Crippen molar-refractivity contribution >= 4 is 0 Å². The first-order chi connectivity index (χ1) is 20.7. The van der Waals surface area contributed by atoms with Crippen LogP contribution in [0.2, 0.25) is 0 Å². The summed E-state index contributed by atoms with van der Waals surface area (Å²) < 4.78 is 38.8. The minimum absolute atomic E-state index is 0.788. The molecule has 4 aliphatic rings. The summed E-state index contributed by atoms with van der Waals surface area (Å²) in [6.07, 6.45) is -34.3. The van der Waals surface area contributed by atoms with Crippen LogP contribution in [-0.4, -0.2) is 209 Å². The molecule has 4 fully saturated rings. The van der Waals surface area contributed by atoms with Crippen LogP contribution in [0.3, 0.4) is 0 Å². The van der Waals surface area contributed by atoms with Gasteiger partial charge >= 0.3 is 0 Å². The van der Waals surface area contributed by atoms with Gasteiger partial charge in [0.05, 0.1) is 25.9 Å². The van der Waals surface area contributed by atoms with Gasteiger partial charge in [-0.1, -0.05) is 0 Å². The Morgan fingerprint density at radius 1 is 0.409 bits per heavy atom. The molecule has 0 saturated carbocycles. The van der Waals surface area contributed by atoms with Gasteiger partial charge in [-0.15, -0.1) is 0 Å². The highest BCUT2D eigenvalue weighted by Crippen LogP contribution is 2.35. The normalized spacial score (nSPS) is 53.9. The van der Waals surface area contributed by atoms with Crippen molar-refractivity contribution in [1.82, 2.24) is 0 Å². The number of rotatable bonds is 9. The third-order valence-corrected chi connectivity index (χ3v) is 8.16. The second-order valence-electron chi connectivity index (χ2n) is 11.1. The number of hydrogen-bond acceptors (Lipinski definition) is 20. The molecule has 44 heavy (non-hydrogen) atoms. The third-order valence-electron chi connectivity index (χ3n) is 8.16. The van der Waals surface area contributed by atoms with E-state index in [1.54, 1.807) is 0 Å². The molecule has 4 aliphatic heterocycles. The van der Waals surface area contributed by atoms with Crippen LogP contribution < -0.4 is 0 Å². The number of ether oxygens (including phenoxy) is 7. The molecule has 4 heterocycles. The predicted octanol–water partition coefficient (Wildman–Crippen LogP) is -8.72. The Morgan fingerprint density at radius 3 is 1.32 bits per heavy atom. The molecular weight excluding hydrogens is 608 g/mol. The molecule has 0 aromatic carbocycles. The fraction of sp³-hybridized carbons (Fsp3) is 1.00. The maximum atomic E-state index is 11.4. The summed E-state index contributed by atoms with van der Waals surface area (Å²) in [5.74, 6) is 0. The third kappa shape index (κ3) is 7.05. The maximum Gasteiger partial charge on any atom is 0.187 e. The van der Waals surface area contributed by atoms with Crippen molar-refractivity contribution in [3.05, 3.63) is 0 Å². The van der Waals surface area contributed by atoms with E-state index in [9.17, 15) is 66.4 Å². The van der Waals surface area contributed by atoms with Gasteiger partial charge in [0.15, 0.2) is 25.2 Å². The molecule has 4 saturated heterocycles. The Labute approximate surface area is 249 Å². The first kappa shape index (κ1) is 36.0. The van der Waals surface area contributed by atoms with Crippen molar-refractivity contribution in [2.45, 2.75) is 130 Å². The van der Waals surface area contributed by atoms with Gasteiger partial charge in [-0.05, 0) is 6.92 Å². The lowest BCUT2D eigenvalue weighted by Crippen LogP contribution is -2.67. The van der Waals surface area contributed by atoms with E-state index in [2.05, 4.69) is 0 Å². The molecule has 20 heteroatoms. The molecule has 0 spiro atoms. The molecule has 0 aromatic heterocycles. The molecule has 11 unspecified atom stereocenters. The van der Waals surface area contributed by atoms with E-state index in [1.807, 2.05) is 0 Å². The summed E-state index contributed by atoms with van der Waals surface area (Å²) in [4.78, 5) is 0. The van der Waals surface area contributed by atoms with Gasteiger partial charge in [-0.2, -0.15) is 0 Å². The Morgan fingerprint density at radius 2 is 0.841 bits per heavy atom. The zero-order valence-electron chi connectivity index (χ0n) is 23.3. The maximum absolute atomic E-state index is 11.4. The molecule has 20 nitrogen and oxygen atoms in total. The molecule has 0 aromatic rings. The molecule has 0 radical (unpaired) electrons. The van der Waals surface area contributed by atoms with Gasteiger partial charge in [0, 0.05) is 0 Å². The van der Waals surface area contributed by atoms with E-state index in [-0.39, 0.29) is 0 Å². The van der Waals surface area contributed by atoms with Crippen molar-refractivity contribution in [2.24, 2.45) is 0 Å². The van der Waals surface area contributed by atoms with Crippen LogP contribution in [0.15, 0.2) is 0 Å². The smallest absolute Gasteiger partial charge is 0.187 e. The second-order valence-corrected chi connectivity index (χ2v) is 11.1. The highest BCUT2D eigenvalue weighted by Gasteiger charge is 2.55. The number of aliphatic hydroxyl groups is 13. The summed E-state index contributed by atoms with van der Waals surface area (Å²) in [5, 5.41) is 132. The Hall–Kier alpha value is -0.800. The molecule has 4 rings (SSSR count). The number of hydrogen-bond donors (Lipinski definition) is 13. The van der Waals surface area contributed by atoms with Crippen LogP contribution in [0.1, 0.15) is 6.92 Å². The van der Waals surface area contributed by atoms with Crippen LogP contribution >= 0.6 is 0 Å². The van der Waals surface area contributed by atoms with Crippen LogP contribution in [0, 0.1) is 0 Å². The molecular formula is C24H42O20. The van der Waals surface area contributed by atoms with E-state index >= 15 is 0 Å². The zero-order valence-corrected chi connectivity index (χ0v) is 23.3. The second kappa shape index (κ2) is 15.0. The SMILES string of the molecule is CC1O[C@H](O[C@@H]2C(CO)O[C@@H](O)C(O)C2O)[C@@H](O)C(O[C@H]2OC(CO)[C@H](O)C(O)C2O)[C@H]1O[C@@H]1OC(CO)[C@H](O)C(O)C1O. The summed E-state index contributed by atoms with van der Waals surface area (Å²) >= 11 is 0. The largest absolute Gasteiger partial charge is 0.394 e. The first-order valence-corrected chi connectivity index (χ1v) is 14.0. The molecule has 0 aliphatic carbocycles. The summed E-state index contributed by atoms with van der Waals surface area (Å²) in [6.45, 7) is -1.05. The molecule has 13 N–H and O–H groups in total. The summed E-state index contributed by atoms with van der Waals surface area (Å²) in [6, 6.07) is 0. The summed E-state index contributed by atoms with van der Waals surface area (Å²) in [5.41, 5.74) is 0. The average Bonchev–Trinajstić information content (AvgIpc) is 3.00. The first-order valence-electron chi connectivity index (χ1n) is 14.0. The fourth-order valence-electron chi connectivity index (χ4n) is 5.50. The van der Waals surface area contributed by atoms with Crippen molar-refractivity contribution in [3.8, 4) is 0 Å². The van der Waals surface area contributed by atoms with Gasteiger partial charge in [0.1, 0.15) is 91.6 Å². The van der Waals surface area contributed by atoms with E-state index in [0.29, 0.717) is 0 Å². The Kier molecular flexibility index (Phi) is 12.3. The Balaban J connectivity index is 1.61. The van der Waals surface area contributed by atoms with Crippen LogP contribution in [0.5, 0.6) is 0 Å². The van der Waals surface area contributed by atoms with Gasteiger partial charge in [-0.3, -0.25) is 0 Å². The van der Waals surface area contributed by atoms with Gasteiger partial charge in [0.25, 0.3) is 0 Å². The quantitative estimate of drug-likeness (QED) is 0.110. The minimum atomic E-state index is -1.98. The van der Waals surface area contributed by atoms with Crippen molar-refractivity contribution in [1.29, 1.82) is 0 Å². The standard InChI is InChI=1S/C24H42O20/c1-5-18(42-22-15(34)11(30)9(28)6(2-25)40-22)20(44-23-16(35)12(31)10(29)7(3-26)41-23)17(36)24(38-5)43-19-8(4-27)39-21(37)14(33)13(19)32/h5-37H,2-4H2,1H3/t5?,6?,7?,8?,9-,10-,11?,12?,13?,14?,15?,16?,17-,18-,19+,20?,21+,22-,23+,24+/m0/s1. The van der Waals surface area contributed by atoms with E-state index in [0.717, 1.165) is 0 Å². The lowest BCUT2D eigenvalue weighted by Gasteiger charge is -2.50. The topological polar surface area (TPSA) is 328 Å². The van der Waals surface area contributed by atoms with Crippen molar-refractivity contribution in [3.63, 3.8) is 0 Å². The highest BCUT2D eigenvalue weighted by atomic mass is 16.8. The van der Waals surface area contributed by atoms with Crippen LogP contribution in [0.25, 0.3) is 0 Å².